The van der Waals surface area contributed by atoms with Gasteiger partial charge >= 0.3 is 0 Å². The summed E-state index contributed by atoms with van der Waals surface area (Å²) < 4.78 is 12.3. The SMILES string of the molecule is COc1cc(C(C)NC(=O)c2cc(Br)cnc2Cl)ccc1OC1CCCC1. The molecule has 0 aliphatic heterocycles. The van der Waals surface area contributed by atoms with Crippen LogP contribution in [0.1, 0.15) is 54.6 Å². The lowest BCUT2D eigenvalue weighted by atomic mass is 10.1. The molecule has 1 heterocycles. The van der Waals surface area contributed by atoms with Gasteiger partial charge in [0.05, 0.1) is 24.8 Å². The van der Waals surface area contributed by atoms with Gasteiger partial charge in [0, 0.05) is 10.7 Å². The molecule has 5 nitrogen and oxygen atoms in total. The summed E-state index contributed by atoms with van der Waals surface area (Å²) in [5.41, 5.74) is 1.24. The Bertz CT molecular complexity index is 825. The minimum atomic E-state index is -0.286. The van der Waals surface area contributed by atoms with Crippen molar-refractivity contribution in [3.63, 3.8) is 0 Å². The van der Waals surface area contributed by atoms with Crippen LogP contribution >= 0.6 is 27.5 Å². The van der Waals surface area contributed by atoms with Crippen molar-refractivity contribution in [2.45, 2.75) is 44.8 Å². The fourth-order valence-corrected chi connectivity index (χ4v) is 3.70. The molecule has 144 valence electrons. The number of nitrogens with one attached hydrogen (secondary N) is 1. The Morgan fingerprint density at radius 1 is 1.30 bits per heavy atom. The molecule has 1 aromatic carbocycles. The molecular weight excluding hydrogens is 432 g/mol. The third-order valence-corrected chi connectivity index (χ3v) is 5.42. The number of halogens is 2. The molecule has 1 fully saturated rings. The molecule has 0 spiro atoms. The Labute approximate surface area is 172 Å². The van der Waals surface area contributed by atoms with Gasteiger partial charge in [0.1, 0.15) is 5.15 Å². The summed E-state index contributed by atoms with van der Waals surface area (Å²) >= 11 is 9.35. The van der Waals surface area contributed by atoms with Crippen LogP contribution in [0.3, 0.4) is 0 Å². The van der Waals surface area contributed by atoms with Gasteiger partial charge in [0.25, 0.3) is 5.91 Å². The van der Waals surface area contributed by atoms with Gasteiger partial charge in [0.2, 0.25) is 0 Å². The molecule has 1 aliphatic rings. The van der Waals surface area contributed by atoms with Crippen molar-refractivity contribution < 1.29 is 14.3 Å². The van der Waals surface area contributed by atoms with E-state index >= 15 is 0 Å². The Morgan fingerprint density at radius 2 is 2.04 bits per heavy atom. The highest BCUT2D eigenvalue weighted by Crippen LogP contribution is 2.34. The summed E-state index contributed by atoms with van der Waals surface area (Å²) in [6, 6.07) is 7.16. The van der Waals surface area contributed by atoms with Crippen LogP contribution in [0.15, 0.2) is 34.9 Å². The number of methoxy groups -OCH3 is 1. The van der Waals surface area contributed by atoms with Crippen LogP contribution in [-0.4, -0.2) is 24.1 Å². The predicted octanol–water partition coefficient (Wildman–Crippen LogP) is 5.32. The number of aromatic nitrogens is 1. The van der Waals surface area contributed by atoms with E-state index in [1.807, 2.05) is 25.1 Å². The van der Waals surface area contributed by atoms with Gasteiger partial charge in [0.15, 0.2) is 11.5 Å². The Balaban J connectivity index is 1.73. The number of carbonyl (C=O) groups excluding carboxylic acids is 1. The van der Waals surface area contributed by atoms with E-state index in [1.165, 1.54) is 12.8 Å². The molecule has 1 unspecified atom stereocenters. The van der Waals surface area contributed by atoms with E-state index < -0.39 is 0 Å². The van der Waals surface area contributed by atoms with E-state index in [-0.39, 0.29) is 23.2 Å². The van der Waals surface area contributed by atoms with Crippen molar-refractivity contribution in [2.24, 2.45) is 0 Å². The average molecular weight is 454 g/mol. The monoisotopic (exact) mass is 452 g/mol. The van der Waals surface area contributed by atoms with Crippen LogP contribution in [0.4, 0.5) is 0 Å². The van der Waals surface area contributed by atoms with Crippen molar-refractivity contribution in [1.29, 1.82) is 0 Å². The third kappa shape index (κ3) is 4.93. The fraction of sp³-hybridized carbons (Fsp3) is 0.400. The largest absolute Gasteiger partial charge is 0.493 e. The fourth-order valence-electron chi connectivity index (χ4n) is 3.18. The summed E-state index contributed by atoms with van der Waals surface area (Å²) in [7, 11) is 1.62. The van der Waals surface area contributed by atoms with Crippen LogP contribution in [-0.2, 0) is 0 Å². The van der Waals surface area contributed by atoms with E-state index in [4.69, 9.17) is 21.1 Å². The van der Waals surface area contributed by atoms with Crippen molar-refractivity contribution in [2.75, 3.05) is 7.11 Å². The van der Waals surface area contributed by atoms with E-state index in [9.17, 15) is 4.79 Å². The summed E-state index contributed by atoms with van der Waals surface area (Å²) in [6.07, 6.45) is 6.39. The molecule has 1 aliphatic carbocycles. The summed E-state index contributed by atoms with van der Waals surface area (Å²) in [4.78, 5) is 16.5. The topological polar surface area (TPSA) is 60.5 Å². The van der Waals surface area contributed by atoms with E-state index in [0.29, 0.717) is 15.8 Å². The van der Waals surface area contributed by atoms with Crippen LogP contribution < -0.4 is 14.8 Å². The molecule has 1 N–H and O–H groups in total. The number of nitrogens with zero attached hydrogens (tertiary/aromatic N) is 1. The number of benzene rings is 1. The van der Waals surface area contributed by atoms with Crippen LogP contribution in [0.25, 0.3) is 0 Å². The smallest absolute Gasteiger partial charge is 0.254 e. The van der Waals surface area contributed by atoms with Gasteiger partial charge in [-0.3, -0.25) is 4.79 Å². The molecule has 0 bridgehead atoms. The molecule has 1 amide bonds. The first-order valence-electron chi connectivity index (χ1n) is 8.94. The van der Waals surface area contributed by atoms with E-state index in [1.54, 1.807) is 19.4 Å². The van der Waals surface area contributed by atoms with Crippen molar-refractivity contribution in [3.05, 3.63) is 51.2 Å². The minimum Gasteiger partial charge on any atom is -0.493 e. The second-order valence-electron chi connectivity index (χ2n) is 6.62. The van der Waals surface area contributed by atoms with Gasteiger partial charge in [-0.05, 0) is 72.3 Å². The Hall–Kier alpha value is -1.79. The summed E-state index contributed by atoms with van der Waals surface area (Å²) in [5.74, 6) is 1.13. The Kier molecular flexibility index (Phi) is 6.60. The molecule has 3 rings (SSSR count). The lowest BCUT2D eigenvalue weighted by Crippen LogP contribution is -2.27. The van der Waals surface area contributed by atoms with Crippen LogP contribution in [0.5, 0.6) is 11.5 Å². The van der Waals surface area contributed by atoms with Crippen LogP contribution in [0.2, 0.25) is 5.15 Å². The number of rotatable bonds is 6. The lowest BCUT2D eigenvalue weighted by molar-refractivity contribution is 0.0939. The molecule has 2 aromatic rings. The number of hydrogen-bond donors (Lipinski definition) is 1. The van der Waals surface area contributed by atoms with E-state index in [2.05, 4.69) is 26.2 Å². The molecule has 1 atom stereocenters. The third-order valence-electron chi connectivity index (χ3n) is 4.68. The van der Waals surface area contributed by atoms with E-state index in [0.717, 1.165) is 24.2 Å². The maximum Gasteiger partial charge on any atom is 0.254 e. The highest BCUT2D eigenvalue weighted by Gasteiger charge is 2.20. The summed E-state index contributed by atoms with van der Waals surface area (Å²) in [5, 5.41) is 3.11. The lowest BCUT2D eigenvalue weighted by Gasteiger charge is -2.19. The molecule has 0 saturated heterocycles. The number of ether oxygens (including phenoxy) is 2. The second-order valence-corrected chi connectivity index (χ2v) is 7.90. The first-order valence-corrected chi connectivity index (χ1v) is 10.1. The minimum absolute atomic E-state index is 0.167. The van der Waals surface area contributed by atoms with Gasteiger partial charge in [-0.15, -0.1) is 0 Å². The molecule has 1 saturated carbocycles. The second kappa shape index (κ2) is 8.93. The quantitative estimate of drug-likeness (QED) is 0.601. The molecule has 1 aromatic heterocycles. The number of carbonyl (C=O) groups is 1. The van der Waals surface area contributed by atoms with Crippen molar-refractivity contribution >= 4 is 33.4 Å². The maximum atomic E-state index is 12.5. The average Bonchev–Trinajstić information content (AvgIpc) is 3.17. The van der Waals surface area contributed by atoms with Gasteiger partial charge in [-0.25, -0.2) is 4.98 Å². The van der Waals surface area contributed by atoms with Gasteiger partial charge in [-0.2, -0.15) is 0 Å². The predicted molar refractivity (Wildman–Crippen MR) is 109 cm³/mol. The number of hydrogen-bond acceptors (Lipinski definition) is 4. The highest BCUT2D eigenvalue weighted by molar-refractivity contribution is 9.10. The molecule has 7 heteroatoms. The molecule has 0 radical (unpaired) electrons. The number of amides is 1. The van der Waals surface area contributed by atoms with Crippen molar-refractivity contribution in [3.8, 4) is 11.5 Å². The first-order chi connectivity index (χ1) is 13.0. The normalized spacial score (nSPS) is 15.4. The standard InChI is InChI=1S/C20H22BrClN2O3/c1-12(24-20(25)16-10-14(21)11-23-19(16)22)13-7-8-17(18(9-13)26-2)27-15-5-3-4-6-15/h7-12,15H,3-6H2,1-2H3,(H,24,25). The molecular formula is C20H22BrClN2O3. The Morgan fingerprint density at radius 3 is 2.74 bits per heavy atom. The number of pyridine rings is 1. The zero-order valence-corrected chi connectivity index (χ0v) is 17.6. The maximum absolute atomic E-state index is 12.5. The van der Waals surface area contributed by atoms with Gasteiger partial charge in [-0.1, -0.05) is 17.7 Å². The summed E-state index contributed by atoms with van der Waals surface area (Å²) in [6.45, 7) is 1.91. The zero-order valence-electron chi connectivity index (χ0n) is 15.3. The van der Waals surface area contributed by atoms with Gasteiger partial charge < -0.3 is 14.8 Å². The van der Waals surface area contributed by atoms with Crippen molar-refractivity contribution in [1.82, 2.24) is 10.3 Å². The zero-order chi connectivity index (χ0) is 19.4. The van der Waals surface area contributed by atoms with Crippen LogP contribution in [0, 0.1) is 0 Å². The first kappa shape index (κ1) is 20.0. The molecule has 27 heavy (non-hydrogen) atoms. The highest BCUT2D eigenvalue weighted by atomic mass is 79.9.